The molecule has 0 aliphatic heterocycles. The molecule has 0 unspecified atom stereocenters. The summed E-state index contributed by atoms with van der Waals surface area (Å²) in [7, 11) is 0. The lowest BCUT2D eigenvalue weighted by molar-refractivity contribution is -0.138. The van der Waals surface area contributed by atoms with Gasteiger partial charge in [0.1, 0.15) is 0 Å². The van der Waals surface area contributed by atoms with Crippen molar-refractivity contribution in [2.75, 3.05) is 5.32 Å². The average molecular weight is 316 g/mol. The summed E-state index contributed by atoms with van der Waals surface area (Å²) < 4.78 is 38.6. The van der Waals surface area contributed by atoms with E-state index in [1.807, 2.05) is 6.92 Å². The van der Waals surface area contributed by atoms with Crippen molar-refractivity contribution in [1.82, 2.24) is 4.98 Å². The van der Waals surface area contributed by atoms with Crippen molar-refractivity contribution in [3.05, 3.63) is 45.4 Å². The molecule has 0 aliphatic rings. The Morgan fingerprint density at radius 2 is 2.14 bits per heavy atom. The van der Waals surface area contributed by atoms with Crippen LogP contribution in [-0.2, 0) is 12.7 Å². The van der Waals surface area contributed by atoms with Crippen molar-refractivity contribution in [1.29, 1.82) is 0 Å². The van der Waals surface area contributed by atoms with Gasteiger partial charge in [-0.25, -0.2) is 9.78 Å². The Labute approximate surface area is 122 Å². The molecule has 1 aromatic carbocycles. The van der Waals surface area contributed by atoms with Gasteiger partial charge in [0, 0.05) is 16.8 Å². The lowest BCUT2D eigenvalue weighted by Crippen LogP contribution is -2.13. The molecule has 1 aromatic heterocycles. The number of alkyl halides is 3. The number of aromatic carboxylic acids is 1. The average Bonchev–Trinajstić information content (AvgIpc) is 2.81. The van der Waals surface area contributed by atoms with Crippen molar-refractivity contribution < 1.29 is 23.1 Å². The van der Waals surface area contributed by atoms with Crippen LogP contribution in [0.2, 0.25) is 0 Å². The minimum absolute atomic E-state index is 0.207. The number of nitrogens with zero attached hydrogens (tertiary/aromatic N) is 1. The predicted molar refractivity (Wildman–Crippen MR) is 72.6 cm³/mol. The Balaban J connectivity index is 2.23. The van der Waals surface area contributed by atoms with Crippen molar-refractivity contribution in [2.45, 2.75) is 19.6 Å². The Hall–Kier alpha value is -2.09. The Bertz CT molecular complexity index is 668. The number of hydrogen-bond acceptors (Lipinski definition) is 4. The number of aryl methyl sites for hydroxylation is 1. The van der Waals surface area contributed by atoms with E-state index in [1.165, 1.54) is 17.4 Å². The number of hydrogen-bond donors (Lipinski definition) is 2. The standard InChI is InChI=1S/C13H11F3N2O2S/c1-7-17-5-9(21-7)6-18-8-2-3-10(12(19)20)11(4-8)13(14,15)16/h2-5,18H,6H2,1H3,(H,19,20). The van der Waals surface area contributed by atoms with E-state index in [1.54, 1.807) is 6.20 Å². The molecule has 2 rings (SSSR count). The molecule has 2 N–H and O–H groups in total. The van der Waals surface area contributed by atoms with Gasteiger partial charge >= 0.3 is 12.1 Å². The van der Waals surface area contributed by atoms with Gasteiger partial charge < -0.3 is 10.4 Å². The van der Waals surface area contributed by atoms with Crippen LogP contribution in [-0.4, -0.2) is 16.1 Å². The van der Waals surface area contributed by atoms with Crippen LogP contribution in [0.1, 0.15) is 25.8 Å². The Morgan fingerprint density at radius 1 is 1.43 bits per heavy atom. The topological polar surface area (TPSA) is 62.2 Å². The number of rotatable bonds is 4. The summed E-state index contributed by atoms with van der Waals surface area (Å²) in [4.78, 5) is 15.8. The van der Waals surface area contributed by atoms with Gasteiger partial charge in [-0.1, -0.05) is 0 Å². The van der Waals surface area contributed by atoms with E-state index < -0.39 is 23.3 Å². The van der Waals surface area contributed by atoms with Gasteiger partial charge in [0.15, 0.2) is 0 Å². The number of carbonyl (C=O) groups is 1. The number of nitrogens with one attached hydrogen (secondary N) is 1. The van der Waals surface area contributed by atoms with Crippen LogP contribution >= 0.6 is 11.3 Å². The smallest absolute Gasteiger partial charge is 0.417 e. The lowest BCUT2D eigenvalue weighted by atomic mass is 10.1. The van der Waals surface area contributed by atoms with Crippen LogP contribution in [0, 0.1) is 6.92 Å². The fourth-order valence-electron chi connectivity index (χ4n) is 1.75. The molecule has 0 saturated carbocycles. The van der Waals surface area contributed by atoms with Crippen molar-refractivity contribution in [2.24, 2.45) is 0 Å². The number of carboxylic acid groups (broad SMARTS) is 1. The summed E-state index contributed by atoms with van der Waals surface area (Å²) in [6.45, 7) is 2.16. The van der Waals surface area contributed by atoms with Gasteiger partial charge in [0.25, 0.3) is 0 Å². The second-order valence-electron chi connectivity index (χ2n) is 4.26. The van der Waals surface area contributed by atoms with Gasteiger partial charge in [0.2, 0.25) is 0 Å². The molecule has 1 heterocycles. The third-order valence-electron chi connectivity index (χ3n) is 2.69. The van der Waals surface area contributed by atoms with Crippen molar-refractivity contribution >= 4 is 23.0 Å². The fraction of sp³-hybridized carbons (Fsp3) is 0.231. The highest BCUT2D eigenvalue weighted by Gasteiger charge is 2.35. The van der Waals surface area contributed by atoms with Crippen molar-refractivity contribution in [3.63, 3.8) is 0 Å². The Kier molecular flexibility index (Phi) is 4.17. The fourth-order valence-corrected chi connectivity index (χ4v) is 2.49. The monoisotopic (exact) mass is 316 g/mol. The largest absolute Gasteiger partial charge is 0.478 e. The van der Waals surface area contributed by atoms with E-state index in [0.29, 0.717) is 6.54 Å². The molecule has 0 saturated heterocycles. The molecule has 0 atom stereocenters. The zero-order chi connectivity index (χ0) is 15.6. The molecule has 0 amide bonds. The van der Waals surface area contributed by atoms with Gasteiger partial charge in [-0.3, -0.25) is 0 Å². The summed E-state index contributed by atoms with van der Waals surface area (Å²) in [5, 5.41) is 12.5. The summed E-state index contributed by atoms with van der Waals surface area (Å²) in [5.41, 5.74) is -1.72. The second kappa shape index (κ2) is 5.72. The highest BCUT2D eigenvalue weighted by Crippen LogP contribution is 2.34. The SMILES string of the molecule is Cc1ncc(CNc2ccc(C(=O)O)c(C(F)(F)F)c2)s1. The van der Waals surface area contributed by atoms with E-state index >= 15 is 0 Å². The van der Waals surface area contributed by atoms with Gasteiger partial charge in [-0.2, -0.15) is 13.2 Å². The molecular weight excluding hydrogens is 305 g/mol. The molecule has 0 aliphatic carbocycles. The van der Waals surface area contributed by atoms with E-state index in [0.717, 1.165) is 22.0 Å². The number of halogens is 3. The minimum Gasteiger partial charge on any atom is -0.478 e. The predicted octanol–water partition coefficient (Wildman–Crippen LogP) is 3.78. The summed E-state index contributed by atoms with van der Waals surface area (Å²) in [5.74, 6) is -1.60. The first-order valence-corrected chi connectivity index (χ1v) is 6.69. The van der Waals surface area contributed by atoms with Crippen LogP contribution in [0.3, 0.4) is 0 Å². The molecule has 2 aromatic rings. The molecule has 112 valence electrons. The van der Waals surface area contributed by atoms with Gasteiger partial charge in [0.05, 0.1) is 22.7 Å². The van der Waals surface area contributed by atoms with E-state index in [-0.39, 0.29) is 5.69 Å². The summed E-state index contributed by atoms with van der Waals surface area (Å²) >= 11 is 1.43. The first-order valence-electron chi connectivity index (χ1n) is 5.87. The first-order chi connectivity index (χ1) is 9.77. The van der Waals surface area contributed by atoms with E-state index in [2.05, 4.69) is 10.3 Å². The maximum absolute atomic E-state index is 12.9. The number of benzene rings is 1. The molecule has 0 bridgehead atoms. The van der Waals surface area contributed by atoms with Crippen LogP contribution < -0.4 is 5.32 Å². The number of carboxylic acids is 1. The zero-order valence-electron chi connectivity index (χ0n) is 10.9. The number of aromatic nitrogens is 1. The highest BCUT2D eigenvalue weighted by molar-refractivity contribution is 7.11. The minimum atomic E-state index is -4.72. The molecule has 0 spiro atoms. The highest BCUT2D eigenvalue weighted by atomic mass is 32.1. The number of anilines is 1. The molecule has 8 heteroatoms. The second-order valence-corrected chi connectivity index (χ2v) is 5.58. The molecular formula is C13H11F3N2O2S. The van der Waals surface area contributed by atoms with E-state index in [4.69, 9.17) is 5.11 Å². The maximum atomic E-state index is 12.9. The van der Waals surface area contributed by atoms with Crippen LogP contribution in [0.5, 0.6) is 0 Å². The zero-order valence-corrected chi connectivity index (χ0v) is 11.7. The summed E-state index contributed by atoms with van der Waals surface area (Å²) in [6.07, 6.45) is -3.07. The lowest BCUT2D eigenvalue weighted by Gasteiger charge is -2.13. The van der Waals surface area contributed by atoms with Crippen LogP contribution in [0.15, 0.2) is 24.4 Å². The molecule has 21 heavy (non-hydrogen) atoms. The normalized spacial score (nSPS) is 11.4. The van der Waals surface area contributed by atoms with Crippen LogP contribution in [0.25, 0.3) is 0 Å². The third kappa shape index (κ3) is 3.72. The molecule has 4 nitrogen and oxygen atoms in total. The quantitative estimate of drug-likeness (QED) is 0.901. The third-order valence-corrected chi connectivity index (χ3v) is 3.60. The Morgan fingerprint density at radius 3 is 2.67 bits per heavy atom. The van der Waals surface area contributed by atoms with Gasteiger partial charge in [-0.15, -0.1) is 11.3 Å². The maximum Gasteiger partial charge on any atom is 0.417 e. The van der Waals surface area contributed by atoms with E-state index in [9.17, 15) is 18.0 Å². The number of thiazole rings is 1. The van der Waals surface area contributed by atoms with Gasteiger partial charge in [-0.05, 0) is 25.1 Å². The molecule has 0 radical (unpaired) electrons. The first kappa shape index (κ1) is 15.3. The van der Waals surface area contributed by atoms with Crippen LogP contribution in [0.4, 0.5) is 18.9 Å². The summed E-state index contributed by atoms with van der Waals surface area (Å²) in [6, 6.07) is 3.06. The van der Waals surface area contributed by atoms with Crippen molar-refractivity contribution in [3.8, 4) is 0 Å². The molecule has 0 fully saturated rings.